The van der Waals surface area contributed by atoms with Gasteiger partial charge in [0.2, 0.25) is 0 Å². The molecule has 0 bridgehead atoms. The van der Waals surface area contributed by atoms with Crippen molar-refractivity contribution in [1.29, 1.82) is 0 Å². The molecule has 1 aromatic heterocycles. The third-order valence-corrected chi connectivity index (χ3v) is 8.59. The third-order valence-electron chi connectivity index (χ3n) is 7.83. The zero-order valence-corrected chi connectivity index (χ0v) is 25.3. The monoisotopic (exact) mass is 611 g/mol. The van der Waals surface area contributed by atoms with E-state index < -0.39 is 17.2 Å². The number of rotatable bonds is 12. The van der Waals surface area contributed by atoms with Crippen LogP contribution in [0.3, 0.4) is 0 Å². The molecule has 1 N–H and O–H groups in total. The fraction of sp³-hybridized carbons (Fsp3) is 0.229. The second kappa shape index (κ2) is 13.0. The van der Waals surface area contributed by atoms with Gasteiger partial charge in [0.05, 0.1) is 19.9 Å². The molecule has 1 saturated carbocycles. The average molecular weight is 612 g/mol. The van der Waals surface area contributed by atoms with Gasteiger partial charge >= 0.3 is 5.97 Å². The highest BCUT2D eigenvalue weighted by atomic mass is 32.2. The Morgan fingerprint density at radius 2 is 1.64 bits per heavy atom. The summed E-state index contributed by atoms with van der Waals surface area (Å²) in [7, 11) is 2.96. The number of esters is 1. The van der Waals surface area contributed by atoms with Gasteiger partial charge in [-0.2, -0.15) is 0 Å². The second-order valence-electron chi connectivity index (χ2n) is 10.7. The summed E-state index contributed by atoms with van der Waals surface area (Å²) in [6.45, 7) is 0.745. The van der Waals surface area contributed by atoms with E-state index in [-0.39, 0.29) is 5.92 Å². The van der Waals surface area contributed by atoms with Crippen molar-refractivity contribution < 1.29 is 32.2 Å². The number of anilines is 1. The number of ether oxygens (including phenoxy) is 3. The molecule has 1 atom stereocenters. The van der Waals surface area contributed by atoms with Crippen LogP contribution < -0.4 is 13.8 Å². The van der Waals surface area contributed by atoms with Crippen LogP contribution in [0.5, 0.6) is 11.5 Å². The fourth-order valence-electron chi connectivity index (χ4n) is 5.34. The van der Waals surface area contributed by atoms with E-state index in [1.165, 1.54) is 11.4 Å². The van der Waals surface area contributed by atoms with Crippen molar-refractivity contribution in [2.45, 2.75) is 31.8 Å². The Hall–Kier alpha value is -4.60. The molecule has 4 aromatic carbocycles. The lowest BCUT2D eigenvalue weighted by Crippen LogP contribution is -2.28. The number of hydrogen-bond acceptors (Lipinski definition) is 6. The molecule has 44 heavy (non-hydrogen) atoms. The number of benzene rings is 4. The molecule has 8 nitrogen and oxygen atoms in total. The second-order valence-corrected chi connectivity index (χ2v) is 11.6. The molecule has 1 aliphatic carbocycles. The van der Waals surface area contributed by atoms with Gasteiger partial charge in [0.1, 0.15) is 35.0 Å². The van der Waals surface area contributed by atoms with E-state index in [1.54, 1.807) is 13.2 Å². The zero-order valence-electron chi connectivity index (χ0n) is 24.5. The maximum Gasteiger partial charge on any atom is 0.342 e. The summed E-state index contributed by atoms with van der Waals surface area (Å²) in [6, 6.07) is 28.6. The Balaban J connectivity index is 1.34. The van der Waals surface area contributed by atoms with Crippen molar-refractivity contribution in [2.75, 3.05) is 25.1 Å². The Kier molecular flexibility index (Phi) is 8.67. The number of methoxy groups -OCH3 is 2. The van der Waals surface area contributed by atoms with Gasteiger partial charge in [-0.3, -0.25) is 8.86 Å². The van der Waals surface area contributed by atoms with Crippen molar-refractivity contribution in [3.05, 3.63) is 113 Å². The van der Waals surface area contributed by atoms with E-state index in [4.69, 9.17) is 18.6 Å². The van der Waals surface area contributed by atoms with Crippen LogP contribution in [0.1, 0.15) is 45.8 Å². The molecule has 1 heterocycles. The third kappa shape index (κ3) is 6.34. The Bertz CT molecular complexity index is 1780. The lowest BCUT2D eigenvalue weighted by atomic mass is 10.0. The first-order valence-electron chi connectivity index (χ1n) is 14.4. The first kappa shape index (κ1) is 29.5. The van der Waals surface area contributed by atoms with Crippen molar-refractivity contribution in [2.24, 2.45) is 0 Å². The first-order chi connectivity index (χ1) is 21.4. The van der Waals surface area contributed by atoms with Crippen LogP contribution >= 0.6 is 0 Å². The molecule has 1 aliphatic rings. The predicted molar refractivity (Wildman–Crippen MR) is 171 cm³/mol. The molecule has 9 heteroatoms. The molecule has 1 unspecified atom stereocenters. The highest BCUT2D eigenvalue weighted by Crippen LogP contribution is 2.48. The summed E-state index contributed by atoms with van der Waals surface area (Å²) in [6.07, 6.45) is 2.48. The van der Waals surface area contributed by atoms with Gasteiger partial charge in [0, 0.05) is 23.6 Å². The Morgan fingerprint density at radius 1 is 0.932 bits per heavy atom. The molecular weight excluding hydrogens is 578 g/mol. The maximum absolute atomic E-state index is 13.1. The molecule has 226 valence electrons. The summed E-state index contributed by atoms with van der Waals surface area (Å²) < 4.78 is 47.2. The molecule has 0 spiro atoms. The molecule has 6 rings (SSSR count). The summed E-state index contributed by atoms with van der Waals surface area (Å²) >= 11 is -2.28. The maximum atomic E-state index is 13.1. The van der Waals surface area contributed by atoms with Crippen LogP contribution in [0.15, 0.2) is 95.4 Å². The normalized spacial score (nSPS) is 13.4. The summed E-state index contributed by atoms with van der Waals surface area (Å²) in [5, 5.41) is 0.612. The topological polar surface area (TPSA) is 98.4 Å². The van der Waals surface area contributed by atoms with E-state index in [2.05, 4.69) is 0 Å². The van der Waals surface area contributed by atoms with E-state index in [1.807, 2.05) is 84.9 Å². The van der Waals surface area contributed by atoms with E-state index in [0.29, 0.717) is 58.9 Å². The fourth-order valence-corrected chi connectivity index (χ4v) is 5.92. The van der Waals surface area contributed by atoms with Gasteiger partial charge in [0.25, 0.3) is 11.3 Å². The number of furan rings is 1. The van der Waals surface area contributed by atoms with Gasteiger partial charge in [-0.1, -0.05) is 42.5 Å². The predicted octanol–water partition coefficient (Wildman–Crippen LogP) is 7.54. The SMILES string of the molecule is COC(=O)c1c(-c2ccc(OCc3ccccc3)cc2)oc2cc(N(CCc3ccc(OC)cc3)S(=O)O)c(C3CC3)cc12. The van der Waals surface area contributed by atoms with Crippen molar-refractivity contribution in [3.63, 3.8) is 0 Å². The molecule has 1 fully saturated rings. The highest BCUT2D eigenvalue weighted by molar-refractivity contribution is 7.80. The molecule has 5 aromatic rings. The van der Waals surface area contributed by atoms with Crippen LogP contribution in [0.25, 0.3) is 22.3 Å². The Labute approximate surface area is 258 Å². The first-order valence-corrected chi connectivity index (χ1v) is 15.5. The average Bonchev–Trinajstić information content (AvgIpc) is 3.84. The summed E-state index contributed by atoms with van der Waals surface area (Å²) in [5.74, 6) is 1.52. The van der Waals surface area contributed by atoms with E-state index in [0.717, 1.165) is 35.3 Å². The summed E-state index contributed by atoms with van der Waals surface area (Å²) in [4.78, 5) is 13.1. The zero-order chi connectivity index (χ0) is 30.6. The van der Waals surface area contributed by atoms with Gasteiger partial charge in [-0.15, -0.1) is 0 Å². The smallest absolute Gasteiger partial charge is 0.342 e. The van der Waals surface area contributed by atoms with Gasteiger partial charge in [-0.25, -0.2) is 9.00 Å². The minimum Gasteiger partial charge on any atom is -0.497 e. The van der Waals surface area contributed by atoms with Crippen molar-refractivity contribution in [1.82, 2.24) is 0 Å². The van der Waals surface area contributed by atoms with Crippen LogP contribution in [0.4, 0.5) is 5.69 Å². The van der Waals surface area contributed by atoms with E-state index >= 15 is 0 Å². The number of fused-ring (bicyclic) bond motifs is 1. The highest BCUT2D eigenvalue weighted by Gasteiger charge is 2.32. The number of hydrogen-bond donors (Lipinski definition) is 1. The van der Waals surface area contributed by atoms with Crippen LogP contribution in [-0.2, 0) is 29.0 Å². The van der Waals surface area contributed by atoms with Crippen LogP contribution in [0, 0.1) is 0 Å². The summed E-state index contributed by atoms with van der Waals surface area (Å²) in [5.41, 5.74) is 5.05. The molecule has 0 radical (unpaired) electrons. The van der Waals surface area contributed by atoms with Crippen molar-refractivity contribution in [3.8, 4) is 22.8 Å². The number of carbonyl (C=O) groups excluding carboxylic acids is 1. The molecular formula is C35H33NO7S. The lowest BCUT2D eigenvalue weighted by molar-refractivity contribution is 0.0603. The molecule has 0 saturated heterocycles. The molecule has 0 amide bonds. The van der Waals surface area contributed by atoms with Gasteiger partial charge in [-0.05, 0) is 84.3 Å². The lowest BCUT2D eigenvalue weighted by Gasteiger charge is -2.23. The van der Waals surface area contributed by atoms with Gasteiger partial charge < -0.3 is 18.6 Å². The number of carbonyl (C=O) groups is 1. The van der Waals surface area contributed by atoms with E-state index in [9.17, 15) is 13.6 Å². The standard InChI is InChI=1S/C35H33NO7S/c1-40-27-14-8-23(9-15-27)18-19-36(44(38)39)31-21-32-30(20-29(31)25-10-11-25)33(35(37)41-2)34(43-32)26-12-16-28(17-13-26)42-22-24-6-4-3-5-7-24/h3-9,12-17,20-21,25H,10-11,18-19,22H2,1-2H3,(H,38,39). The molecule has 0 aliphatic heterocycles. The minimum atomic E-state index is -2.28. The minimum absolute atomic E-state index is 0.228. The van der Waals surface area contributed by atoms with Crippen LogP contribution in [0.2, 0.25) is 0 Å². The number of nitrogens with zero attached hydrogens (tertiary/aromatic N) is 1. The quantitative estimate of drug-likeness (QED) is 0.115. The van der Waals surface area contributed by atoms with Crippen LogP contribution in [-0.4, -0.2) is 35.5 Å². The Morgan fingerprint density at radius 3 is 2.27 bits per heavy atom. The van der Waals surface area contributed by atoms with Gasteiger partial charge in [0.15, 0.2) is 0 Å². The largest absolute Gasteiger partial charge is 0.497 e. The van der Waals surface area contributed by atoms with Crippen molar-refractivity contribution >= 4 is 33.9 Å².